The summed E-state index contributed by atoms with van der Waals surface area (Å²) in [4.78, 5) is 8.20. The van der Waals surface area contributed by atoms with Gasteiger partial charge in [0, 0.05) is 22.4 Å². The molecule has 4 heteroatoms. The Morgan fingerprint density at radius 1 is 1.22 bits per heavy atom. The Hall–Kier alpha value is -1.26. The van der Waals surface area contributed by atoms with Gasteiger partial charge in [0.05, 0.1) is 6.04 Å². The molecule has 0 saturated carbocycles. The van der Waals surface area contributed by atoms with Crippen LogP contribution in [0.5, 0.6) is 0 Å². The predicted octanol–water partition coefficient (Wildman–Crippen LogP) is 3.33. The second kappa shape index (κ2) is 6.61. The van der Waals surface area contributed by atoms with Crippen LogP contribution in [0.1, 0.15) is 30.5 Å². The zero-order chi connectivity index (χ0) is 12.8. The van der Waals surface area contributed by atoms with E-state index in [1.54, 1.807) is 6.33 Å². The number of aromatic nitrogens is 2. The molecule has 0 radical (unpaired) electrons. The van der Waals surface area contributed by atoms with Crippen LogP contribution in [0.4, 0.5) is 0 Å². The maximum atomic E-state index is 4.10. The molecular weight excluding hydrogens is 290 g/mol. The molecule has 1 aromatic heterocycles. The van der Waals surface area contributed by atoms with Crippen molar-refractivity contribution in [1.29, 1.82) is 0 Å². The van der Waals surface area contributed by atoms with E-state index in [2.05, 4.69) is 50.3 Å². The SMILES string of the molecule is CCCNC(c1cncnc1)c1ccccc1Br. The Kier molecular flexibility index (Phi) is 4.84. The van der Waals surface area contributed by atoms with Gasteiger partial charge in [-0.25, -0.2) is 9.97 Å². The van der Waals surface area contributed by atoms with E-state index >= 15 is 0 Å². The van der Waals surface area contributed by atoms with Crippen LogP contribution >= 0.6 is 15.9 Å². The lowest BCUT2D eigenvalue weighted by molar-refractivity contribution is 0.593. The van der Waals surface area contributed by atoms with Gasteiger partial charge in [0.15, 0.2) is 0 Å². The molecule has 0 amide bonds. The quantitative estimate of drug-likeness (QED) is 0.921. The van der Waals surface area contributed by atoms with Gasteiger partial charge in [-0.2, -0.15) is 0 Å². The van der Waals surface area contributed by atoms with Crippen LogP contribution in [-0.4, -0.2) is 16.5 Å². The number of halogens is 1. The van der Waals surface area contributed by atoms with Crippen LogP contribution in [0.2, 0.25) is 0 Å². The van der Waals surface area contributed by atoms with Gasteiger partial charge in [-0.15, -0.1) is 0 Å². The largest absolute Gasteiger partial charge is 0.306 e. The number of hydrogen-bond donors (Lipinski definition) is 1. The van der Waals surface area contributed by atoms with E-state index < -0.39 is 0 Å². The summed E-state index contributed by atoms with van der Waals surface area (Å²) in [5, 5.41) is 3.53. The van der Waals surface area contributed by atoms with Crippen LogP contribution < -0.4 is 5.32 Å². The number of rotatable bonds is 5. The molecular formula is C14H16BrN3. The zero-order valence-corrected chi connectivity index (χ0v) is 11.9. The summed E-state index contributed by atoms with van der Waals surface area (Å²) in [7, 11) is 0. The highest BCUT2D eigenvalue weighted by atomic mass is 79.9. The third-order valence-electron chi connectivity index (χ3n) is 2.73. The van der Waals surface area contributed by atoms with Crippen molar-refractivity contribution in [2.24, 2.45) is 0 Å². The van der Waals surface area contributed by atoms with E-state index in [1.807, 2.05) is 24.5 Å². The number of nitrogens with zero attached hydrogens (tertiary/aromatic N) is 2. The molecule has 0 saturated heterocycles. The minimum absolute atomic E-state index is 0.127. The third-order valence-corrected chi connectivity index (χ3v) is 3.45. The van der Waals surface area contributed by atoms with Gasteiger partial charge >= 0.3 is 0 Å². The second-order valence-corrected chi connectivity index (χ2v) is 4.93. The van der Waals surface area contributed by atoms with Gasteiger partial charge in [0.2, 0.25) is 0 Å². The highest BCUT2D eigenvalue weighted by molar-refractivity contribution is 9.10. The van der Waals surface area contributed by atoms with Crippen molar-refractivity contribution >= 4 is 15.9 Å². The number of hydrogen-bond acceptors (Lipinski definition) is 3. The molecule has 1 atom stereocenters. The molecule has 0 aliphatic rings. The predicted molar refractivity (Wildman–Crippen MR) is 76.3 cm³/mol. The molecule has 2 rings (SSSR count). The smallest absolute Gasteiger partial charge is 0.115 e. The highest BCUT2D eigenvalue weighted by Gasteiger charge is 2.15. The van der Waals surface area contributed by atoms with Crippen molar-refractivity contribution in [3.63, 3.8) is 0 Å². The minimum atomic E-state index is 0.127. The Morgan fingerprint density at radius 2 is 1.94 bits per heavy atom. The van der Waals surface area contributed by atoms with Crippen molar-refractivity contribution in [2.75, 3.05) is 6.54 Å². The van der Waals surface area contributed by atoms with Gasteiger partial charge in [-0.05, 0) is 24.6 Å². The topological polar surface area (TPSA) is 37.8 Å². The van der Waals surface area contributed by atoms with Gasteiger partial charge in [0.25, 0.3) is 0 Å². The molecule has 0 aliphatic heterocycles. The van der Waals surface area contributed by atoms with Crippen LogP contribution in [0.3, 0.4) is 0 Å². The first-order valence-corrected chi connectivity index (χ1v) is 6.85. The first-order valence-electron chi connectivity index (χ1n) is 6.05. The Bertz CT molecular complexity index is 487. The molecule has 18 heavy (non-hydrogen) atoms. The molecule has 1 unspecified atom stereocenters. The number of benzene rings is 1. The Morgan fingerprint density at radius 3 is 2.61 bits per heavy atom. The molecule has 2 aromatic rings. The highest BCUT2D eigenvalue weighted by Crippen LogP contribution is 2.27. The Balaban J connectivity index is 2.34. The molecule has 0 spiro atoms. The lowest BCUT2D eigenvalue weighted by Crippen LogP contribution is -2.23. The van der Waals surface area contributed by atoms with E-state index in [0.29, 0.717) is 0 Å². The summed E-state index contributed by atoms with van der Waals surface area (Å²) in [6, 6.07) is 8.36. The van der Waals surface area contributed by atoms with Crippen LogP contribution in [-0.2, 0) is 0 Å². The average Bonchev–Trinajstić information content (AvgIpc) is 2.42. The molecule has 1 aromatic carbocycles. The Labute approximate surface area is 116 Å². The van der Waals surface area contributed by atoms with Crippen molar-refractivity contribution in [1.82, 2.24) is 15.3 Å². The molecule has 1 N–H and O–H groups in total. The van der Waals surface area contributed by atoms with E-state index in [9.17, 15) is 0 Å². The first kappa shape index (κ1) is 13.2. The standard InChI is InChI=1S/C14H16BrN3/c1-2-7-18-14(11-8-16-10-17-9-11)12-5-3-4-6-13(12)15/h3-6,8-10,14,18H,2,7H2,1H3. The minimum Gasteiger partial charge on any atom is -0.306 e. The summed E-state index contributed by atoms with van der Waals surface area (Å²) >= 11 is 3.61. The summed E-state index contributed by atoms with van der Waals surface area (Å²) in [6.45, 7) is 3.12. The van der Waals surface area contributed by atoms with E-state index in [1.165, 1.54) is 5.56 Å². The maximum Gasteiger partial charge on any atom is 0.115 e. The van der Waals surface area contributed by atoms with Gasteiger partial charge in [0.1, 0.15) is 6.33 Å². The van der Waals surface area contributed by atoms with Gasteiger partial charge in [-0.1, -0.05) is 41.1 Å². The summed E-state index contributed by atoms with van der Waals surface area (Å²) < 4.78 is 1.10. The van der Waals surface area contributed by atoms with Crippen molar-refractivity contribution in [2.45, 2.75) is 19.4 Å². The monoisotopic (exact) mass is 305 g/mol. The molecule has 0 bridgehead atoms. The number of nitrogens with one attached hydrogen (secondary N) is 1. The van der Waals surface area contributed by atoms with E-state index in [4.69, 9.17) is 0 Å². The van der Waals surface area contributed by atoms with E-state index in [-0.39, 0.29) is 6.04 Å². The molecule has 3 nitrogen and oxygen atoms in total. The maximum absolute atomic E-state index is 4.10. The normalized spacial score (nSPS) is 12.3. The molecule has 0 fully saturated rings. The third kappa shape index (κ3) is 3.15. The lowest BCUT2D eigenvalue weighted by atomic mass is 10.0. The fourth-order valence-electron chi connectivity index (χ4n) is 1.86. The average molecular weight is 306 g/mol. The van der Waals surface area contributed by atoms with Crippen LogP contribution in [0.25, 0.3) is 0 Å². The van der Waals surface area contributed by atoms with E-state index in [0.717, 1.165) is 23.0 Å². The van der Waals surface area contributed by atoms with Crippen molar-refractivity contribution in [3.05, 3.63) is 58.6 Å². The second-order valence-electron chi connectivity index (χ2n) is 4.08. The van der Waals surface area contributed by atoms with Crippen molar-refractivity contribution in [3.8, 4) is 0 Å². The lowest BCUT2D eigenvalue weighted by Gasteiger charge is -2.20. The molecule has 1 heterocycles. The summed E-state index contributed by atoms with van der Waals surface area (Å²) in [5.41, 5.74) is 2.29. The first-order chi connectivity index (χ1) is 8.83. The zero-order valence-electron chi connectivity index (χ0n) is 10.3. The van der Waals surface area contributed by atoms with Gasteiger partial charge < -0.3 is 5.32 Å². The van der Waals surface area contributed by atoms with Gasteiger partial charge in [-0.3, -0.25) is 0 Å². The fraction of sp³-hybridized carbons (Fsp3) is 0.286. The van der Waals surface area contributed by atoms with Crippen LogP contribution in [0.15, 0.2) is 47.5 Å². The summed E-state index contributed by atoms with van der Waals surface area (Å²) in [5.74, 6) is 0. The summed E-state index contributed by atoms with van der Waals surface area (Å²) in [6.07, 6.45) is 6.37. The fourth-order valence-corrected chi connectivity index (χ4v) is 2.38. The molecule has 94 valence electrons. The van der Waals surface area contributed by atoms with Crippen molar-refractivity contribution < 1.29 is 0 Å². The molecule has 0 aliphatic carbocycles. The van der Waals surface area contributed by atoms with Crippen LogP contribution in [0, 0.1) is 0 Å².